The summed E-state index contributed by atoms with van der Waals surface area (Å²) in [7, 11) is 0. The first-order valence-corrected chi connectivity index (χ1v) is 6.83. The van der Waals surface area contributed by atoms with Crippen molar-refractivity contribution in [1.82, 2.24) is 15.1 Å². The molecular formula is C13H15ClN4O2. The maximum Gasteiger partial charge on any atom is 0.317 e. The first kappa shape index (κ1) is 13.1. The van der Waals surface area contributed by atoms with Crippen LogP contribution in [0, 0.1) is 0 Å². The fraction of sp³-hybridized carbons (Fsp3) is 0.385. The molecule has 106 valence electrons. The fourth-order valence-electron chi connectivity index (χ4n) is 2.65. The van der Waals surface area contributed by atoms with Crippen LogP contribution in [0.25, 0.3) is 0 Å². The molecule has 3 N–H and O–H groups in total. The van der Waals surface area contributed by atoms with Gasteiger partial charge < -0.3 is 20.9 Å². The van der Waals surface area contributed by atoms with Crippen molar-refractivity contribution in [2.75, 3.05) is 31.9 Å². The number of amides is 3. The molecule has 2 heterocycles. The van der Waals surface area contributed by atoms with Crippen LogP contribution >= 0.6 is 11.6 Å². The van der Waals surface area contributed by atoms with Gasteiger partial charge in [0.25, 0.3) is 5.91 Å². The Morgan fingerprint density at radius 3 is 2.95 bits per heavy atom. The second-order valence-electron chi connectivity index (χ2n) is 5.02. The van der Waals surface area contributed by atoms with E-state index in [4.69, 9.17) is 17.3 Å². The Morgan fingerprint density at radius 1 is 1.40 bits per heavy atom. The molecule has 0 aliphatic carbocycles. The molecule has 1 unspecified atom stereocenters. The third-order valence-corrected chi connectivity index (χ3v) is 4.11. The Balaban J connectivity index is 1.75. The van der Waals surface area contributed by atoms with Gasteiger partial charge in [0, 0.05) is 31.7 Å². The smallest absolute Gasteiger partial charge is 0.317 e. The number of nitrogen functional groups attached to an aromatic ring is 1. The van der Waals surface area contributed by atoms with E-state index in [9.17, 15) is 9.59 Å². The van der Waals surface area contributed by atoms with Crippen molar-refractivity contribution in [2.24, 2.45) is 0 Å². The summed E-state index contributed by atoms with van der Waals surface area (Å²) in [6, 6.07) is 4.91. The van der Waals surface area contributed by atoms with Crippen LogP contribution in [-0.2, 0) is 0 Å². The molecule has 3 rings (SSSR count). The lowest BCUT2D eigenvalue weighted by molar-refractivity contribution is 0.0617. The van der Waals surface area contributed by atoms with E-state index in [1.165, 1.54) is 0 Å². The molecule has 1 atom stereocenters. The average Bonchev–Trinajstić information content (AvgIpc) is 2.82. The minimum Gasteiger partial charge on any atom is -0.398 e. The van der Waals surface area contributed by atoms with E-state index in [0.717, 1.165) is 0 Å². The molecule has 7 heteroatoms. The lowest BCUT2D eigenvalue weighted by Gasteiger charge is -2.36. The van der Waals surface area contributed by atoms with E-state index in [1.807, 2.05) is 0 Å². The second-order valence-corrected chi connectivity index (χ2v) is 5.43. The maximum absolute atomic E-state index is 12.4. The molecule has 20 heavy (non-hydrogen) atoms. The molecule has 1 aromatic carbocycles. The van der Waals surface area contributed by atoms with Crippen molar-refractivity contribution in [3.63, 3.8) is 0 Å². The third kappa shape index (κ3) is 2.16. The Labute approximate surface area is 121 Å². The van der Waals surface area contributed by atoms with Gasteiger partial charge in [-0.05, 0) is 18.2 Å². The van der Waals surface area contributed by atoms with Gasteiger partial charge in [-0.1, -0.05) is 11.6 Å². The van der Waals surface area contributed by atoms with Crippen LogP contribution in [0.4, 0.5) is 10.5 Å². The van der Waals surface area contributed by atoms with Crippen molar-refractivity contribution in [1.29, 1.82) is 0 Å². The van der Waals surface area contributed by atoms with E-state index < -0.39 is 0 Å². The topological polar surface area (TPSA) is 78.7 Å². The van der Waals surface area contributed by atoms with Gasteiger partial charge in [-0.15, -0.1) is 0 Å². The van der Waals surface area contributed by atoms with Crippen LogP contribution in [0.3, 0.4) is 0 Å². The van der Waals surface area contributed by atoms with Gasteiger partial charge in [0.05, 0.1) is 16.8 Å². The zero-order chi connectivity index (χ0) is 14.3. The SMILES string of the molecule is Nc1cc(C(=O)N2CCN3C(=O)NCC3C2)ccc1Cl. The summed E-state index contributed by atoms with van der Waals surface area (Å²) in [5.41, 5.74) is 6.65. The van der Waals surface area contributed by atoms with Crippen LogP contribution in [0.1, 0.15) is 10.4 Å². The van der Waals surface area contributed by atoms with Gasteiger partial charge in [0.2, 0.25) is 0 Å². The lowest BCUT2D eigenvalue weighted by Crippen LogP contribution is -2.53. The van der Waals surface area contributed by atoms with Gasteiger partial charge in [-0.25, -0.2) is 4.79 Å². The van der Waals surface area contributed by atoms with Gasteiger partial charge in [0.1, 0.15) is 0 Å². The molecule has 6 nitrogen and oxygen atoms in total. The minimum atomic E-state index is -0.0765. The molecule has 1 aromatic rings. The largest absolute Gasteiger partial charge is 0.398 e. The Hall–Kier alpha value is -1.95. The minimum absolute atomic E-state index is 0.0437. The summed E-state index contributed by atoms with van der Waals surface area (Å²) in [4.78, 5) is 27.5. The van der Waals surface area contributed by atoms with Crippen LogP contribution < -0.4 is 11.1 Å². The van der Waals surface area contributed by atoms with Crippen LogP contribution in [0.2, 0.25) is 5.02 Å². The molecule has 2 saturated heterocycles. The van der Waals surface area contributed by atoms with E-state index in [0.29, 0.717) is 42.5 Å². The molecule has 2 aliphatic rings. The average molecular weight is 295 g/mol. The second kappa shape index (κ2) is 4.86. The lowest BCUT2D eigenvalue weighted by atomic mass is 10.1. The number of carbonyl (C=O) groups excluding carboxylic acids is 2. The summed E-state index contributed by atoms with van der Waals surface area (Å²) in [6.07, 6.45) is 0. The maximum atomic E-state index is 12.4. The summed E-state index contributed by atoms with van der Waals surface area (Å²) >= 11 is 5.86. The highest BCUT2D eigenvalue weighted by molar-refractivity contribution is 6.33. The molecule has 0 saturated carbocycles. The Bertz CT molecular complexity index is 577. The Morgan fingerprint density at radius 2 is 2.20 bits per heavy atom. The van der Waals surface area contributed by atoms with E-state index in [2.05, 4.69) is 5.32 Å². The summed E-state index contributed by atoms with van der Waals surface area (Å²) < 4.78 is 0. The van der Waals surface area contributed by atoms with E-state index in [-0.39, 0.29) is 18.0 Å². The summed E-state index contributed by atoms with van der Waals surface area (Å²) in [5, 5.41) is 3.23. The van der Waals surface area contributed by atoms with Crippen molar-refractivity contribution >= 4 is 29.2 Å². The van der Waals surface area contributed by atoms with Gasteiger partial charge >= 0.3 is 6.03 Å². The van der Waals surface area contributed by atoms with Crippen molar-refractivity contribution < 1.29 is 9.59 Å². The number of anilines is 1. The van der Waals surface area contributed by atoms with Gasteiger partial charge in [-0.2, -0.15) is 0 Å². The van der Waals surface area contributed by atoms with E-state index >= 15 is 0 Å². The highest BCUT2D eigenvalue weighted by Gasteiger charge is 2.37. The standard InChI is InChI=1S/C13H15ClN4O2/c14-10-2-1-8(5-11(10)15)12(19)17-3-4-18-9(7-17)6-16-13(18)20/h1-2,5,9H,3-4,6-7,15H2,(H,16,20). The number of rotatable bonds is 1. The van der Waals surface area contributed by atoms with Gasteiger partial charge in [-0.3, -0.25) is 4.79 Å². The zero-order valence-corrected chi connectivity index (χ0v) is 11.6. The van der Waals surface area contributed by atoms with E-state index in [1.54, 1.807) is 28.0 Å². The number of nitrogens with one attached hydrogen (secondary N) is 1. The van der Waals surface area contributed by atoms with Crippen LogP contribution in [0.15, 0.2) is 18.2 Å². The molecule has 3 amide bonds. The molecule has 0 bridgehead atoms. The number of halogens is 1. The van der Waals surface area contributed by atoms with Crippen LogP contribution in [-0.4, -0.2) is 54.0 Å². The highest BCUT2D eigenvalue weighted by atomic mass is 35.5. The van der Waals surface area contributed by atoms with Gasteiger partial charge in [0.15, 0.2) is 0 Å². The van der Waals surface area contributed by atoms with Crippen molar-refractivity contribution in [3.8, 4) is 0 Å². The first-order valence-electron chi connectivity index (χ1n) is 6.45. The number of nitrogens with two attached hydrogens (primary N) is 1. The molecule has 0 aromatic heterocycles. The van der Waals surface area contributed by atoms with Crippen molar-refractivity contribution in [2.45, 2.75) is 6.04 Å². The summed E-state index contributed by atoms with van der Waals surface area (Å²) in [5.74, 6) is -0.0765. The quantitative estimate of drug-likeness (QED) is 0.751. The highest BCUT2D eigenvalue weighted by Crippen LogP contribution is 2.22. The molecule has 2 aliphatic heterocycles. The number of urea groups is 1. The monoisotopic (exact) mass is 294 g/mol. The summed E-state index contributed by atoms with van der Waals surface area (Å²) in [6.45, 7) is 2.22. The van der Waals surface area contributed by atoms with Crippen molar-refractivity contribution in [3.05, 3.63) is 28.8 Å². The normalized spacial score (nSPS) is 21.6. The molecule has 2 fully saturated rings. The fourth-order valence-corrected chi connectivity index (χ4v) is 2.77. The number of hydrogen-bond acceptors (Lipinski definition) is 3. The predicted molar refractivity (Wildman–Crippen MR) is 75.7 cm³/mol. The number of nitrogens with zero attached hydrogens (tertiary/aromatic N) is 2. The molecule has 0 radical (unpaired) electrons. The number of fused-ring (bicyclic) bond motifs is 1. The molecule has 0 spiro atoms. The number of hydrogen-bond donors (Lipinski definition) is 2. The predicted octanol–water partition coefficient (Wildman–Crippen LogP) is 0.772. The third-order valence-electron chi connectivity index (χ3n) is 3.76. The number of piperazine rings is 1. The number of carbonyl (C=O) groups is 2. The molecular weight excluding hydrogens is 280 g/mol. The zero-order valence-electron chi connectivity index (χ0n) is 10.8. The van der Waals surface area contributed by atoms with Crippen LogP contribution in [0.5, 0.6) is 0 Å². The number of benzene rings is 1. The first-order chi connectivity index (χ1) is 9.56. The Kier molecular flexibility index (Phi) is 3.17.